The summed E-state index contributed by atoms with van der Waals surface area (Å²) >= 11 is 0. The first-order chi connectivity index (χ1) is 13.6. The van der Waals surface area contributed by atoms with Crippen LogP contribution in [0.5, 0.6) is 0 Å². The highest BCUT2D eigenvalue weighted by Crippen LogP contribution is 2.62. The van der Waals surface area contributed by atoms with E-state index in [4.69, 9.17) is 4.74 Å². The second-order valence-electron chi connectivity index (χ2n) is 9.82. The van der Waals surface area contributed by atoms with Gasteiger partial charge in [-0.3, -0.25) is 4.79 Å². The number of nitrogens with one attached hydrogen (secondary N) is 1. The first-order valence-corrected chi connectivity index (χ1v) is 12.0. The molecule has 1 aliphatic heterocycles. The molecule has 0 radical (unpaired) electrons. The number of rotatable bonds is 4. The molecular formula is C22H32N2O4S. The van der Waals surface area contributed by atoms with Gasteiger partial charge < -0.3 is 10.1 Å². The first-order valence-electron chi connectivity index (χ1n) is 10.6. The predicted molar refractivity (Wildman–Crippen MR) is 111 cm³/mol. The summed E-state index contributed by atoms with van der Waals surface area (Å²) in [6.07, 6.45) is 3.51. The summed E-state index contributed by atoms with van der Waals surface area (Å²) in [5.41, 5.74) is 1.23. The number of benzene rings is 1. The maximum atomic E-state index is 13.1. The van der Waals surface area contributed by atoms with Crippen molar-refractivity contribution in [3.05, 3.63) is 29.3 Å². The van der Waals surface area contributed by atoms with E-state index in [1.807, 2.05) is 0 Å². The van der Waals surface area contributed by atoms with Crippen molar-refractivity contribution in [1.29, 1.82) is 0 Å². The molecule has 0 spiro atoms. The molecule has 2 bridgehead atoms. The number of amides is 1. The van der Waals surface area contributed by atoms with E-state index in [0.717, 1.165) is 12.8 Å². The third-order valence-corrected chi connectivity index (χ3v) is 9.62. The van der Waals surface area contributed by atoms with Crippen molar-refractivity contribution in [1.82, 2.24) is 9.62 Å². The van der Waals surface area contributed by atoms with Crippen LogP contribution in [-0.2, 0) is 14.8 Å². The van der Waals surface area contributed by atoms with Gasteiger partial charge >= 0.3 is 0 Å². The van der Waals surface area contributed by atoms with Gasteiger partial charge in [-0.15, -0.1) is 0 Å². The molecule has 3 aliphatic rings. The van der Waals surface area contributed by atoms with E-state index in [0.29, 0.717) is 43.3 Å². The Morgan fingerprint density at radius 3 is 2.52 bits per heavy atom. The van der Waals surface area contributed by atoms with Crippen LogP contribution in [0.1, 0.15) is 56.0 Å². The topological polar surface area (TPSA) is 75.7 Å². The van der Waals surface area contributed by atoms with Gasteiger partial charge in [0.05, 0.1) is 18.1 Å². The molecule has 4 rings (SSSR count). The van der Waals surface area contributed by atoms with Crippen LogP contribution in [0.3, 0.4) is 0 Å². The van der Waals surface area contributed by atoms with Crippen LogP contribution in [0.15, 0.2) is 23.1 Å². The molecular weight excluding hydrogens is 388 g/mol. The highest BCUT2D eigenvalue weighted by molar-refractivity contribution is 7.89. The largest absolute Gasteiger partial charge is 0.379 e. The standard InChI is InChI=1S/C22H32N2O4S/c1-15-5-6-16(13-18(15)29(26,27)24-9-11-28-12-10-24)19(25)23-20-21(2,3)17-7-8-22(20,4)14-17/h5-6,13,17,20H,7-12,14H2,1-4H3,(H,23,25)/t17?,20-,22?/m0/s1. The molecule has 1 N–H and O–H groups in total. The van der Waals surface area contributed by atoms with Gasteiger partial charge in [0.15, 0.2) is 0 Å². The van der Waals surface area contributed by atoms with E-state index in [1.54, 1.807) is 19.1 Å². The lowest BCUT2D eigenvalue weighted by atomic mass is 9.68. The second kappa shape index (κ2) is 7.06. The average molecular weight is 421 g/mol. The summed E-state index contributed by atoms with van der Waals surface area (Å²) < 4.78 is 33.0. The Balaban J connectivity index is 1.60. The Morgan fingerprint density at radius 1 is 1.21 bits per heavy atom. The predicted octanol–water partition coefficient (Wildman–Crippen LogP) is 2.96. The van der Waals surface area contributed by atoms with E-state index in [1.165, 1.54) is 16.8 Å². The monoisotopic (exact) mass is 420 g/mol. The Kier molecular flexibility index (Phi) is 5.07. The zero-order valence-electron chi connectivity index (χ0n) is 17.8. The smallest absolute Gasteiger partial charge is 0.251 e. The number of hydrogen-bond acceptors (Lipinski definition) is 4. The minimum atomic E-state index is -3.65. The first kappa shape index (κ1) is 20.8. The highest BCUT2D eigenvalue weighted by Gasteiger charge is 2.59. The summed E-state index contributed by atoms with van der Waals surface area (Å²) in [7, 11) is -3.65. The number of nitrogens with zero attached hydrogens (tertiary/aromatic N) is 1. The minimum absolute atomic E-state index is 0.0517. The third-order valence-electron chi connectivity index (χ3n) is 7.58. The number of carbonyl (C=O) groups excluding carboxylic acids is 1. The van der Waals surface area contributed by atoms with E-state index in [-0.39, 0.29) is 27.7 Å². The Labute approximate surface area is 174 Å². The normalized spacial score (nSPS) is 31.7. The third kappa shape index (κ3) is 3.41. The lowest BCUT2D eigenvalue weighted by molar-refractivity contribution is 0.0728. The van der Waals surface area contributed by atoms with Crippen LogP contribution in [0.4, 0.5) is 0 Å². The zero-order chi connectivity index (χ0) is 21.0. The quantitative estimate of drug-likeness (QED) is 0.813. The van der Waals surface area contributed by atoms with E-state index in [2.05, 4.69) is 26.1 Å². The number of fused-ring (bicyclic) bond motifs is 2. The molecule has 1 aromatic rings. The molecule has 2 unspecified atom stereocenters. The Bertz CT molecular complexity index is 916. The number of sulfonamides is 1. The molecule has 3 atom stereocenters. The van der Waals surface area contributed by atoms with Gasteiger partial charge in [-0.2, -0.15) is 4.31 Å². The molecule has 3 fully saturated rings. The molecule has 6 nitrogen and oxygen atoms in total. The Hall–Kier alpha value is -1.44. The van der Waals surface area contributed by atoms with Crippen LogP contribution in [0.25, 0.3) is 0 Å². The molecule has 2 saturated carbocycles. The SMILES string of the molecule is Cc1ccc(C(=O)N[C@@H]2C3(C)CCC(C3)C2(C)C)cc1S(=O)(=O)N1CCOCC1. The molecule has 1 aromatic carbocycles. The maximum Gasteiger partial charge on any atom is 0.251 e. The van der Waals surface area contributed by atoms with Gasteiger partial charge in [-0.1, -0.05) is 26.8 Å². The maximum absolute atomic E-state index is 13.1. The van der Waals surface area contributed by atoms with Crippen molar-refractivity contribution in [3.63, 3.8) is 0 Å². The van der Waals surface area contributed by atoms with Crippen LogP contribution in [-0.4, -0.2) is 51.0 Å². The van der Waals surface area contributed by atoms with Crippen LogP contribution in [0, 0.1) is 23.7 Å². The van der Waals surface area contributed by atoms with Crippen molar-refractivity contribution >= 4 is 15.9 Å². The average Bonchev–Trinajstić information content (AvgIpc) is 3.17. The fourth-order valence-corrected chi connectivity index (χ4v) is 7.48. The highest BCUT2D eigenvalue weighted by atomic mass is 32.2. The summed E-state index contributed by atoms with van der Waals surface area (Å²) in [6.45, 7) is 10.0. The zero-order valence-corrected chi connectivity index (χ0v) is 18.6. The van der Waals surface area contributed by atoms with Gasteiger partial charge in [-0.05, 0) is 60.6 Å². The minimum Gasteiger partial charge on any atom is -0.379 e. The molecule has 160 valence electrons. The Morgan fingerprint density at radius 2 is 1.90 bits per heavy atom. The molecule has 2 aliphatic carbocycles. The van der Waals surface area contributed by atoms with Gasteiger partial charge in [-0.25, -0.2) is 8.42 Å². The van der Waals surface area contributed by atoms with Crippen LogP contribution >= 0.6 is 0 Å². The molecule has 1 amide bonds. The molecule has 0 aromatic heterocycles. The van der Waals surface area contributed by atoms with Crippen molar-refractivity contribution in [2.24, 2.45) is 16.7 Å². The molecule has 7 heteroatoms. The number of hydrogen-bond donors (Lipinski definition) is 1. The number of aryl methyl sites for hydroxylation is 1. The lowest BCUT2D eigenvalue weighted by Crippen LogP contribution is -2.52. The summed E-state index contributed by atoms with van der Waals surface area (Å²) in [5.74, 6) is 0.448. The molecule has 1 saturated heterocycles. The number of carbonyl (C=O) groups is 1. The fourth-order valence-electron chi connectivity index (χ4n) is 5.82. The van der Waals surface area contributed by atoms with E-state index >= 15 is 0 Å². The molecule has 29 heavy (non-hydrogen) atoms. The van der Waals surface area contributed by atoms with Crippen molar-refractivity contribution < 1.29 is 17.9 Å². The summed E-state index contributed by atoms with van der Waals surface area (Å²) in [4.78, 5) is 13.3. The van der Waals surface area contributed by atoms with Gasteiger partial charge in [0.2, 0.25) is 10.0 Å². The van der Waals surface area contributed by atoms with Gasteiger partial charge in [0.1, 0.15) is 0 Å². The van der Waals surface area contributed by atoms with Crippen LogP contribution in [0.2, 0.25) is 0 Å². The fraction of sp³-hybridized carbons (Fsp3) is 0.682. The van der Waals surface area contributed by atoms with Gasteiger partial charge in [0.25, 0.3) is 5.91 Å². The van der Waals surface area contributed by atoms with E-state index < -0.39 is 10.0 Å². The summed E-state index contributed by atoms with van der Waals surface area (Å²) in [5, 5.41) is 3.27. The van der Waals surface area contributed by atoms with Crippen LogP contribution < -0.4 is 5.32 Å². The molecule has 1 heterocycles. The van der Waals surface area contributed by atoms with Crippen molar-refractivity contribution in [2.75, 3.05) is 26.3 Å². The second-order valence-corrected chi connectivity index (χ2v) is 11.7. The summed E-state index contributed by atoms with van der Waals surface area (Å²) in [6, 6.07) is 5.10. The van der Waals surface area contributed by atoms with Gasteiger partial charge in [0, 0.05) is 24.7 Å². The lowest BCUT2D eigenvalue weighted by Gasteiger charge is -2.43. The number of ether oxygens (including phenoxy) is 1. The van der Waals surface area contributed by atoms with E-state index in [9.17, 15) is 13.2 Å². The van der Waals surface area contributed by atoms with Crippen molar-refractivity contribution in [2.45, 2.75) is 57.9 Å². The van der Waals surface area contributed by atoms with Crippen molar-refractivity contribution in [3.8, 4) is 0 Å². The number of morpholine rings is 1.